The van der Waals surface area contributed by atoms with Crippen molar-refractivity contribution in [1.29, 1.82) is 0 Å². The molecule has 0 saturated heterocycles. The fraction of sp³-hybridized carbons (Fsp3) is 0.600. The molecule has 0 aliphatic carbocycles. The van der Waals surface area contributed by atoms with Gasteiger partial charge in [-0.3, -0.25) is 0 Å². The van der Waals surface area contributed by atoms with Crippen LogP contribution in [0.1, 0.15) is 13.3 Å². The predicted molar refractivity (Wildman–Crippen MR) is 48.9 cm³/mol. The van der Waals surface area contributed by atoms with Crippen molar-refractivity contribution in [3.8, 4) is 0 Å². The molecule has 0 bridgehead atoms. The average molecular weight is 367 g/mol. The molecule has 0 fully saturated rings. The molecule has 10 heavy (non-hydrogen) atoms. The summed E-state index contributed by atoms with van der Waals surface area (Å²) in [5.41, 5.74) is 1.91. The minimum atomic E-state index is -1.80. The Balaban J connectivity index is 4.00. The first-order valence-electron chi connectivity index (χ1n) is 3.31. The second-order valence-corrected chi connectivity index (χ2v) is 10.8. The van der Waals surface area contributed by atoms with Gasteiger partial charge in [-0.1, -0.05) is 0 Å². The van der Waals surface area contributed by atoms with E-state index in [-0.39, 0.29) is 24.8 Å². The van der Waals surface area contributed by atoms with Crippen molar-refractivity contribution in [2.75, 3.05) is 0 Å². The molecule has 0 spiro atoms. The van der Waals surface area contributed by atoms with Gasteiger partial charge in [-0.05, 0) is 0 Å². The van der Waals surface area contributed by atoms with Crippen molar-refractivity contribution < 1.29 is 5.31 Å². The van der Waals surface area contributed by atoms with Crippen LogP contribution >= 0.6 is 0 Å². The summed E-state index contributed by atoms with van der Waals surface area (Å²) in [4.78, 5) is 0. The van der Waals surface area contributed by atoms with E-state index >= 15 is 0 Å². The van der Waals surface area contributed by atoms with Crippen LogP contribution in [-0.2, 0) is 5.31 Å². The van der Waals surface area contributed by atoms with Gasteiger partial charge in [0.15, 0.2) is 0 Å². The van der Waals surface area contributed by atoms with Gasteiger partial charge in [0.2, 0.25) is 0 Å². The van der Waals surface area contributed by atoms with Crippen LogP contribution in [0.25, 0.3) is 0 Å². The van der Waals surface area contributed by atoms with E-state index in [4.69, 9.17) is 5.31 Å². The first-order chi connectivity index (χ1) is 4.74. The molecule has 5 heteroatoms. The van der Waals surface area contributed by atoms with E-state index in [1.54, 1.807) is 0 Å². The van der Waals surface area contributed by atoms with Gasteiger partial charge >= 0.3 is 93.3 Å². The minimum absolute atomic E-state index is 0.283. The molecule has 0 aliphatic rings. The summed E-state index contributed by atoms with van der Waals surface area (Å²) in [6.07, 6.45) is 1.14. The van der Waals surface area contributed by atoms with Crippen molar-refractivity contribution >= 4 is 56.3 Å². The van der Waals surface area contributed by atoms with Crippen LogP contribution in [0.3, 0.4) is 0 Å². The third-order valence-corrected chi connectivity index (χ3v) is 13.7. The number of rotatable bonds is 5. The Kier molecular flexibility index (Phi) is 7.05. The molecular formula is C5H13InO2SiSn. The molecule has 0 rings (SSSR count). The molecule has 2 nitrogen and oxygen atoms in total. The van der Waals surface area contributed by atoms with E-state index in [0.29, 0.717) is 0 Å². The van der Waals surface area contributed by atoms with Crippen LogP contribution < -0.4 is 0 Å². The Morgan fingerprint density at radius 1 is 1.80 bits per heavy atom. The SMILES string of the molecule is C=C[Si](CCC)([O][InH2])[O][SnH]. The number of hydrogen-bond donors (Lipinski definition) is 0. The van der Waals surface area contributed by atoms with Gasteiger partial charge in [0.25, 0.3) is 0 Å². The second kappa shape index (κ2) is 6.11. The van der Waals surface area contributed by atoms with Gasteiger partial charge in [-0.2, -0.15) is 0 Å². The molecule has 0 aromatic carbocycles. The quantitative estimate of drug-likeness (QED) is 0.636. The molecule has 56 valence electrons. The summed E-state index contributed by atoms with van der Waals surface area (Å²) in [5, 5.41) is 0. The zero-order valence-electron chi connectivity index (χ0n) is 6.59. The van der Waals surface area contributed by atoms with Crippen LogP contribution in [-0.4, -0.2) is 56.3 Å². The van der Waals surface area contributed by atoms with Gasteiger partial charge in [0.05, 0.1) is 0 Å². The Morgan fingerprint density at radius 2 is 2.40 bits per heavy atom. The van der Waals surface area contributed by atoms with Crippen molar-refractivity contribution in [2.45, 2.75) is 19.4 Å². The molecule has 0 aliphatic heterocycles. The summed E-state index contributed by atoms with van der Waals surface area (Å²) in [6, 6.07) is 1.07. The van der Waals surface area contributed by atoms with E-state index in [0.717, 1.165) is 35.4 Å². The van der Waals surface area contributed by atoms with Crippen LogP contribution in [0, 0.1) is 0 Å². The Labute approximate surface area is 92.4 Å². The van der Waals surface area contributed by atoms with Gasteiger partial charge in [-0.15, -0.1) is 0 Å². The number of hydrogen-bond acceptors (Lipinski definition) is 2. The molecule has 0 aromatic heterocycles. The topological polar surface area (TPSA) is 18.5 Å². The molecule has 0 heterocycles. The summed E-state index contributed by atoms with van der Waals surface area (Å²) in [5.74, 6) is 0. The molecule has 0 saturated carbocycles. The van der Waals surface area contributed by atoms with Crippen molar-refractivity contribution in [1.82, 2.24) is 0 Å². The molecule has 1 unspecified atom stereocenters. The van der Waals surface area contributed by atoms with E-state index < -0.39 is 8.56 Å². The fourth-order valence-electron chi connectivity index (χ4n) is 0.791. The third kappa shape index (κ3) is 3.29. The second-order valence-electron chi connectivity index (χ2n) is 2.09. The van der Waals surface area contributed by atoms with Crippen molar-refractivity contribution in [3.05, 3.63) is 12.3 Å². The van der Waals surface area contributed by atoms with E-state index in [9.17, 15) is 0 Å². The zero-order valence-corrected chi connectivity index (χ0v) is 16.6. The molecule has 2 radical (unpaired) electrons. The molecule has 0 N–H and O–H groups in total. The summed E-state index contributed by atoms with van der Waals surface area (Å²) >= 11 is 1.12. The van der Waals surface area contributed by atoms with Crippen LogP contribution in [0.5, 0.6) is 0 Å². The van der Waals surface area contributed by atoms with Crippen molar-refractivity contribution in [2.24, 2.45) is 0 Å². The van der Waals surface area contributed by atoms with E-state index in [2.05, 4.69) is 13.5 Å². The van der Waals surface area contributed by atoms with Gasteiger partial charge in [0.1, 0.15) is 0 Å². The normalized spacial score (nSPS) is 16.2. The fourth-order valence-corrected chi connectivity index (χ4v) is 13.7. The first-order valence-corrected chi connectivity index (χ1v) is 9.09. The molecule has 1 atom stereocenters. The maximum atomic E-state index is 5.52. The summed E-state index contributed by atoms with van der Waals surface area (Å²) in [6.45, 7) is 5.91. The molecule has 0 amide bonds. The van der Waals surface area contributed by atoms with Crippen LogP contribution in [0.15, 0.2) is 12.3 Å². The summed E-state index contributed by atoms with van der Waals surface area (Å²) in [7, 11) is -1.80. The summed E-state index contributed by atoms with van der Waals surface area (Å²) < 4.78 is 11.0. The molecular weight excluding hydrogens is 354 g/mol. The standard InChI is InChI=1S/C5H10O2Si.In.Sn.3H/c1-3-5-8(6,7)4-2;;;;;/h4H,2-3,5H2,1H3;;;;;/q-2;2*+1;;;. The van der Waals surface area contributed by atoms with Gasteiger partial charge < -0.3 is 0 Å². The first kappa shape index (κ1) is 11.5. The Bertz CT molecular complexity index is 108. The van der Waals surface area contributed by atoms with Crippen LogP contribution in [0.2, 0.25) is 6.04 Å². The average Bonchev–Trinajstić information content (AvgIpc) is 2.01. The Hall–Kier alpha value is 1.55. The maximum absolute atomic E-state index is 5.52. The van der Waals surface area contributed by atoms with E-state index in [1.807, 2.05) is 5.70 Å². The van der Waals surface area contributed by atoms with E-state index in [1.165, 1.54) is 0 Å². The molecule has 0 aromatic rings. The van der Waals surface area contributed by atoms with Crippen molar-refractivity contribution in [3.63, 3.8) is 0 Å². The third-order valence-electron chi connectivity index (χ3n) is 1.45. The van der Waals surface area contributed by atoms with Crippen LogP contribution in [0.4, 0.5) is 0 Å². The van der Waals surface area contributed by atoms with Gasteiger partial charge in [0, 0.05) is 0 Å². The monoisotopic (exact) mass is 368 g/mol. The van der Waals surface area contributed by atoms with Gasteiger partial charge in [-0.25, -0.2) is 0 Å². The Morgan fingerprint density at radius 3 is 2.50 bits per heavy atom. The zero-order chi connectivity index (χ0) is 8.04. The predicted octanol–water partition coefficient (Wildman–Crippen LogP) is -0.0391.